The molecule has 0 unspecified atom stereocenters. The number of urea groups is 1. The predicted molar refractivity (Wildman–Crippen MR) is 160 cm³/mol. The fourth-order valence-corrected chi connectivity index (χ4v) is 4.42. The second-order valence-electron chi connectivity index (χ2n) is 9.24. The van der Waals surface area contributed by atoms with E-state index in [1.165, 1.54) is 13.3 Å². The summed E-state index contributed by atoms with van der Waals surface area (Å²) in [5, 5.41) is 9.82. The van der Waals surface area contributed by atoms with E-state index in [1.54, 1.807) is 50.2 Å². The molecular weight excluding hydrogens is 576 g/mol. The van der Waals surface area contributed by atoms with Crippen molar-refractivity contribution < 1.29 is 33.3 Å². The number of hydrogen-bond donors (Lipinski definition) is 3. The summed E-state index contributed by atoms with van der Waals surface area (Å²) in [5.74, 6) is 0.0390. The number of carbonyl (C=O) groups is 3. The maximum Gasteiger partial charge on any atom is 0.338 e. The van der Waals surface area contributed by atoms with E-state index in [0.717, 1.165) is 5.56 Å². The molecule has 3 aromatic carbocycles. The van der Waals surface area contributed by atoms with Crippen LogP contribution in [0, 0.1) is 0 Å². The Morgan fingerprint density at radius 3 is 2.53 bits per heavy atom. The predicted octanol–water partition coefficient (Wildman–Crippen LogP) is 4.65. The third-order valence-electron chi connectivity index (χ3n) is 6.25. The van der Waals surface area contributed by atoms with Crippen LogP contribution >= 0.6 is 11.6 Å². The van der Waals surface area contributed by atoms with Crippen molar-refractivity contribution in [1.82, 2.24) is 16.1 Å². The highest BCUT2D eigenvalue weighted by Gasteiger charge is 2.32. The molecule has 1 atom stereocenters. The Balaban J connectivity index is 1.39. The topological polar surface area (TPSA) is 137 Å². The maximum absolute atomic E-state index is 12.6. The molecule has 3 amide bonds. The molecule has 0 aromatic heterocycles. The average molecular weight is 607 g/mol. The van der Waals surface area contributed by atoms with Gasteiger partial charge < -0.3 is 29.6 Å². The van der Waals surface area contributed by atoms with Crippen LogP contribution in [0.1, 0.15) is 36.6 Å². The zero-order chi connectivity index (χ0) is 30.8. The average Bonchev–Trinajstić information content (AvgIpc) is 2.99. The van der Waals surface area contributed by atoms with Crippen molar-refractivity contribution in [3.8, 4) is 17.2 Å². The molecule has 224 valence electrons. The van der Waals surface area contributed by atoms with Gasteiger partial charge in [-0.2, -0.15) is 5.10 Å². The number of carbonyl (C=O) groups excluding carboxylic acids is 3. The number of amides is 3. The van der Waals surface area contributed by atoms with Crippen LogP contribution in [0.3, 0.4) is 0 Å². The molecule has 3 N–H and O–H groups in total. The van der Waals surface area contributed by atoms with Crippen molar-refractivity contribution in [3.63, 3.8) is 0 Å². The number of ether oxygens (including phenoxy) is 4. The number of hydrazone groups is 1. The van der Waals surface area contributed by atoms with E-state index >= 15 is 0 Å². The molecule has 0 aliphatic carbocycles. The number of nitrogens with zero attached hydrogens (tertiary/aromatic N) is 1. The van der Waals surface area contributed by atoms with Crippen LogP contribution in [-0.4, -0.2) is 44.4 Å². The Bertz CT molecular complexity index is 1540. The molecule has 0 saturated heterocycles. The smallest absolute Gasteiger partial charge is 0.338 e. The Morgan fingerprint density at radius 1 is 1.02 bits per heavy atom. The lowest BCUT2D eigenvalue weighted by atomic mass is 9.95. The van der Waals surface area contributed by atoms with Gasteiger partial charge in [0, 0.05) is 16.3 Å². The van der Waals surface area contributed by atoms with Gasteiger partial charge in [-0.3, -0.25) is 4.79 Å². The number of esters is 1. The summed E-state index contributed by atoms with van der Waals surface area (Å²) in [6, 6.07) is 18.4. The van der Waals surface area contributed by atoms with Crippen molar-refractivity contribution in [3.05, 3.63) is 99.7 Å². The molecule has 43 heavy (non-hydrogen) atoms. The highest BCUT2D eigenvalue weighted by Crippen LogP contribution is 2.34. The Morgan fingerprint density at radius 2 is 1.79 bits per heavy atom. The van der Waals surface area contributed by atoms with Gasteiger partial charge in [0.15, 0.2) is 18.1 Å². The number of nitrogens with one attached hydrogen (secondary N) is 3. The quantitative estimate of drug-likeness (QED) is 0.155. The second kappa shape index (κ2) is 14.7. The second-order valence-corrected chi connectivity index (χ2v) is 9.68. The molecule has 12 heteroatoms. The maximum atomic E-state index is 12.6. The fourth-order valence-electron chi connectivity index (χ4n) is 4.24. The van der Waals surface area contributed by atoms with E-state index in [-0.39, 0.29) is 24.5 Å². The highest BCUT2D eigenvalue weighted by atomic mass is 35.5. The number of hydrogen-bond acceptors (Lipinski definition) is 8. The molecular formula is C31H31ClN4O7. The molecule has 11 nitrogen and oxygen atoms in total. The van der Waals surface area contributed by atoms with Crippen LogP contribution in [0.15, 0.2) is 83.1 Å². The van der Waals surface area contributed by atoms with E-state index in [0.29, 0.717) is 40.0 Å². The summed E-state index contributed by atoms with van der Waals surface area (Å²) in [4.78, 5) is 37.2. The van der Waals surface area contributed by atoms with E-state index in [4.69, 9.17) is 30.5 Å². The largest absolute Gasteiger partial charge is 0.493 e. The van der Waals surface area contributed by atoms with Crippen molar-refractivity contribution in [1.29, 1.82) is 0 Å². The lowest BCUT2D eigenvalue weighted by Gasteiger charge is -2.28. The summed E-state index contributed by atoms with van der Waals surface area (Å²) in [6.45, 7) is 3.50. The van der Waals surface area contributed by atoms with E-state index < -0.39 is 23.9 Å². The Labute approximate surface area is 253 Å². The van der Waals surface area contributed by atoms with Crippen LogP contribution < -0.4 is 30.3 Å². The molecule has 0 fully saturated rings. The van der Waals surface area contributed by atoms with E-state index in [2.05, 4.69) is 21.2 Å². The van der Waals surface area contributed by atoms with Crippen LogP contribution in [0.4, 0.5) is 4.79 Å². The first-order valence-corrected chi connectivity index (χ1v) is 13.7. The summed E-state index contributed by atoms with van der Waals surface area (Å²) in [7, 11) is 1.44. The van der Waals surface area contributed by atoms with Gasteiger partial charge in [-0.15, -0.1) is 0 Å². The van der Waals surface area contributed by atoms with Crippen LogP contribution in [0.25, 0.3) is 0 Å². The van der Waals surface area contributed by atoms with Gasteiger partial charge in [-0.1, -0.05) is 48.0 Å². The first-order chi connectivity index (χ1) is 20.8. The van der Waals surface area contributed by atoms with Crippen molar-refractivity contribution in [2.45, 2.75) is 26.5 Å². The van der Waals surface area contributed by atoms with Gasteiger partial charge in [-0.05, 0) is 55.3 Å². The van der Waals surface area contributed by atoms with Crippen molar-refractivity contribution in [2.24, 2.45) is 5.10 Å². The lowest BCUT2D eigenvalue weighted by Crippen LogP contribution is -2.45. The summed E-state index contributed by atoms with van der Waals surface area (Å²) in [5.41, 5.74) is 5.21. The standard InChI is InChI=1S/C31H31ClN4O7/c1-4-41-30(38)28-19(2)34-31(39)35-29(28)21-10-12-25(26(15-21)40-3)43-18-27(37)36-33-16-22-14-23(32)11-13-24(22)42-17-20-8-6-5-7-9-20/h5-16,29H,4,17-18H2,1-3H3,(H,36,37)(H2,34,35,39)/b33-16+/t29-/m0/s1. The molecule has 1 heterocycles. The van der Waals surface area contributed by atoms with Gasteiger partial charge in [0.1, 0.15) is 12.4 Å². The normalized spacial score (nSPS) is 14.5. The third kappa shape index (κ3) is 8.26. The van der Waals surface area contributed by atoms with Gasteiger partial charge in [0.2, 0.25) is 0 Å². The van der Waals surface area contributed by atoms with Crippen LogP contribution in [-0.2, 0) is 20.9 Å². The number of benzene rings is 3. The summed E-state index contributed by atoms with van der Waals surface area (Å²) < 4.78 is 22.2. The first-order valence-electron chi connectivity index (χ1n) is 13.3. The van der Waals surface area contributed by atoms with Crippen molar-refractivity contribution >= 4 is 35.7 Å². The van der Waals surface area contributed by atoms with Gasteiger partial charge in [0.05, 0.1) is 31.5 Å². The number of halogens is 1. The molecule has 1 aliphatic heterocycles. The third-order valence-corrected chi connectivity index (χ3v) is 6.48. The van der Waals surface area contributed by atoms with Crippen LogP contribution in [0.5, 0.6) is 17.2 Å². The number of methoxy groups -OCH3 is 1. The summed E-state index contributed by atoms with van der Waals surface area (Å²) in [6.07, 6.45) is 1.43. The fraction of sp³-hybridized carbons (Fsp3) is 0.226. The zero-order valence-corrected chi connectivity index (χ0v) is 24.6. The first kappa shape index (κ1) is 30.9. The molecule has 0 bridgehead atoms. The Kier molecular flexibility index (Phi) is 10.6. The highest BCUT2D eigenvalue weighted by molar-refractivity contribution is 6.30. The molecule has 4 rings (SSSR count). The van der Waals surface area contributed by atoms with E-state index in [9.17, 15) is 14.4 Å². The zero-order valence-electron chi connectivity index (χ0n) is 23.8. The number of rotatable bonds is 12. The monoisotopic (exact) mass is 606 g/mol. The number of allylic oxidation sites excluding steroid dienone is 1. The Hall–Kier alpha value is -5.03. The van der Waals surface area contributed by atoms with Gasteiger partial charge in [-0.25, -0.2) is 15.0 Å². The SMILES string of the molecule is CCOC(=O)C1=C(C)NC(=O)N[C@H]1c1ccc(OCC(=O)N/N=C/c2cc(Cl)ccc2OCc2ccccc2)c(OC)c1. The summed E-state index contributed by atoms with van der Waals surface area (Å²) >= 11 is 6.15. The minimum absolute atomic E-state index is 0.181. The molecule has 0 radical (unpaired) electrons. The minimum atomic E-state index is -0.776. The lowest BCUT2D eigenvalue weighted by molar-refractivity contribution is -0.139. The van der Waals surface area contributed by atoms with Gasteiger partial charge in [0.25, 0.3) is 5.91 Å². The molecule has 3 aromatic rings. The van der Waals surface area contributed by atoms with Crippen molar-refractivity contribution in [2.75, 3.05) is 20.3 Å². The van der Waals surface area contributed by atoms with Crippen LogP contribution in [0.2, 0.25) is 5.02 Å². The molecule has 0 saturated carbocycles. The molecule has 0 spiro atoms. The minimum Gasteiger partial charge on any atom is -0.493 e. The molecule has 1 aliphatic rings. The van der Waals surface area contributed by atoms with Gasteiger partial charge >= 0.3 is 12.0 Å². The van der Waals surface area contributed by atoms with E-state index in [1.807, 2.05) is 30.3 Å².